The molecule has 1 saturated heterocycles. The molecule has 1 N–H and O–H groups in total. The lowest BCUT2D eigenvalue weighted by Crippen LogP contribution is -2.42. The summed E-state index contributed by atoms with van der Waals surface area (Å²) in [6.07, 6.45) is 1.78. The van der Waals surface area contributed by atoms with Crippen LogP contribution in [-0.4, -0.2) is 36.1 Å². The second kappa shape index (κ2) is 8.39. The number of aromatic nitrogens is 1. The van der Waals surface area contributed by atoms with Crippen molar-refractivity contribution in [2.45, 2.75) is 13.5 Å². The largest absolute Gasteiger partial charge is 0.444 e. The molecular formula is C15H21Cl2N3O. The van der Waals surface area contributed by atoms with Gasteiger partial charge in [0.05, 0.1) is 5.69 Å². The molecule has 6 heteroatoms. The summed E-state index contributed by atoms with van der Waals surface area (Å²) in [6, 6.07) is 8.18. The average molecular weight is 330 g/mol. The molecule has 0 atom stereocenters. The van der Waals surface area contributed by atoms with Gasteiger partial charge in [-0.25, -0.2) is 4.98 Å². The zero-order valence-electron chi connectivity index (χ0n) is 12.0. The number of hydrogen-bond donors (Lipinski definition) is 1. The summed E-state index contributed by atoms with van der Waals surface area (Å²) in [5.74, 6) is 0.725. The first kappa shape index (κ1) is 18.0. The van der Waals surface area contributed by atoms with Gasteiger partial charge in [0.2, 0.25) is 5.89 Å². The van der Waals surface area contributed by atoms with E-state index in [0.717, 1.165) is 49.9 Å². The highest BCUT2D eigenvalue weighted by molar-refractivity contribution is 5.85. The molecule has 1 aliphatic heterocycles. The zero-order valence-corrected chi connectivity index (χ0v) is 13.7. The molecule has 0 amide bonds. The average Bonchev–Trinajstić information content (AvgIpc) is 2.89. The molecule has 116 valence electrons. The van der Waals surface area contributed by atoms with Gasteiger partial charge in [-0.1, -0.05) is 18.2 Å². The third kappa shape index (κ3) is 4.45. The van der Waals surface area contributed by atoms with Gasteiger partial charge in [-0.05, 0) is 18.6 Å². The van der Waals surface area contributed by atoms with Crippen LogP contribution in [0.4, 0.5) is 0 Å². The molecule has 1 aromatic heterocycles. The van der Waals surface area contributed by atoms with Crippen LogP contribution in [0.5, 0.6) is 0 Å². The molecule has 2 aromatic rings. The Morgan fingerprint density at radius 2 is 1.90 bits per heavy atom. The van der Waals surface area contributed by atoms with E-state index in [2.05, 4.69) is 34.3 Å². The lowest BCUT2D eigenvalue weighted by Gasteiger charge is -2.26. The van der Waals surface area contributed by atoms with Crippen LogP contribution in [0.2, 0.25) is 0 Å². The molecule has 0 saturated carbocycles. The van der Waals surface area contributed by atoms with Crippen LogP contribution < -0.4 is 5.32 Å². The van der Waals surface area contributed by atoms with Crippen LogP contribution in [0.3, 0.4) is 0 Å². The Hall–Kier alpha value is -1.07. The summed E-state index contributed by atoms with van der Waals surface area (Å²) >= 11 is 0. The Kier molecular flexibility index (Phi) is 7.18. The van der Waals surface area contributed by atoms with E-state index in [9.17, 15) is 0 Å². The first-order valence-electron chi connectivity index (χ1n) is 6.76. The third-order valence-corrected chi connectivity index (χ3v) is 3.52. The Balaban J connectivity index is 0.00000110. The van der Waals surface area contributed by atoms with E-state index in [1.807, 2.05) is 12.1 Å². The molecule has 3 rings (SSSR count). The second-order valence-corrected chi connectivity index (χ2v) is 4.99. The standard InChI is InChI=1S/C15H19N3O.2ClH/c1-12-4-2-3-5-14(12)15-17-13(11-19-15)10-18-8-6-16-7-9-18;;/h2-5,11,16H,6-10H2,1H3;2*1H. The minimum Gasteiger partial charge on any atom is -0.444 e. The van der Waals surface area contributed by atoms with Gasteiger partial charge < -0.3 is 9.73 Å². The van der Waals surface area contributed by atoms with Crippen LogP contribution in [-0.2, 0) is 6.54 Å². The molecule has 0 spiro atoms. The lowest BCUT2D eigenvalue weighted by atomic mass is 10.1. The lowest BCUT2D eigenvalue weighted by molar-refractivity contribution is 0.230. The summed E-state index contributed by atoms with van der Waals surface area (Å²) < 4.78 is 5.62. The number of nitrogens with zero attached hydrogens (tertiary/aromatic N) is 2. The topological polar surface area (TPSA) is 41.3 Å². The van der Waals surface area contributed by atoms with Crippen molar-refractivity contribution >= 4 is 24.8 Å². The fourth-order valence-corrected chi connectivity index (χ4v) is 2.41. The molecule has 0 aliphatic carbocycles. The van der Waals surface area contributed by atoms with Crippen LogP contribution >= 0.6 is 24.8 Å². The van der Waals surface area contributed by atoms with Crippen molar-refractivity contribution in [3.05, 3.63) is 41.8 Å². The number of rotatable bonds is 3. The molecule has 1 aliphatic rings. The van der Waals surface area contributed by atoms with Gasteiger partial charge in [-0.15, -0.1) is 24.8 Å². The molecule has 4 nitrogen and oxygen atoms in total. The van der Waals surface area contributed by atoms with Crippen LogP contribution in [0.15, 0.2) is 34.9 Å². The van der Waals surface area contributed by atoms with Crippen molar-refractivity contribution in [2.75, 3.05) is 26.2 Å². The zero-order chi connectivity index (χ0) is 13.1. The summed E-state index contributed by atoms with van der Waals surface area (Å²) in [6.45, 7) is 7.22. The van der Waals surface area contributed by atoms with Gasteiger partial charge in [-0.2, -0.15) is 0 Å². The fourth-order valence-electron chi connectivity index (χ4n) is 2.41. The predicted molar refractivity (Wildman–Crippen MR) is 89.3 cm³/mol. The minimum absolute atomic E-state index is 0. The van der Waals surface area contributed by atoms with E-state index in [0.29, 0.717) is 0 Å². The van der Waals surface area contributed by atoms with E-state index in [1.165, 1.54) is 5.56 Å². The van der Waals surface area contributed by atoms with Crippen LogP contribution in [0.25, 0.3) is 11.5 Å². The Bertz CT molecular complexity index is 553. The Labute approximate surface area is 137 Å². The number of benzene rings is 1. The van der Waals surface area contributed by atoms with E-state index < -0.39 is 0 Å². The number of nitrogens with one attached hydrogen (secondary N) is 1. The number of piperazine rings is 1. The van der Waals surface area contributed by atoms with Crippen molar-refractivity contribution in [3.8, 4) is 11.5 Å². The summed E-state index contributed by atoms with van der Waals surface area (Å²) in [4.78, 5) is 7.01. The van der Waals surface area contributed by atoms with Crippen molar-refractivity contribution < 1.29 is 4.42 Å². The molecule has 1 aromatic carbocycles. The fraction of sp³-hybridized carbons (Fsp3) is 0.400. The molecule has 2 heterocycles. The Morgan fingerprint density at radius 3 is 2.62 bits per heavy atom. The molecular weight excluding hydrogens is 309 g/mol. The van der Waals surface area contributed by atoms with Crippen LogP contribution in [0.1, 0.15) is 11.3 Å². The molecule has 1 fully saturated rings. The highest BCUT2D eigenvalue weighted by atomic mass is 35.5. The van der Waals surface area contributed by atoms with Gasteiger partial charge in [0.25, 0.3) is 0 Å². The first-order chi connectivity index (χ1) is 9.33. The maximum absolute atomic E-state index is 5.62. The van der Waals surface area contributed by atoms with Crippen molar-refractivity contribution in [2.24, 2.45) is 0 Å². The Morgan fingerprint density at radius 1 is 1.19 bits per heavy atom. The van der Waals surface area contributed by atoms with Gasteiger partial charge in [0.1, 0.15) is 6.26 Å². The van der Waals surface area contributed by atoms with Gasteiger partial charge in [0, 0.05) is 38.3 Å². The third-order valence-electron chi connectivity index (χ3n) is 3.52. The van der Waals surface area contributed by atoms with E-state index in [-0.39, 0.29) is 24.8 Å². The quantitative estimate of drug-likeness (QED) is 0.940. The maximum atomic E-state index is 5.62. The van der Waals surface area contributed by atoms with Crippen molar-refractivity contribution in [1.82, 2.24) is 15.2 Å². The molecule has 21 heavy (non-hydrogen) atoms. The van der Waals surface area contributed by atoms with Crippen molar-refractivity contribution in [1.29, 1.82) is 0 Å². The molecule has 0 bridgehead atoms. The minimum atomic E-state index is 0. The van der Waals surface area contributed by atoms with E-state index in [1.54, 1.807) is 6.26 Å². The highest BCUT2D eigenvalue weighted by Gasteiger charge is 2.13. The predicted octanol–water partition coefficient (Wildman–Crippen LogP) is 2.90. The second-order valence-electron chi connectivity index (χ2n) is 4.99. The van der Waals surface area contributed by atoms with Crippen molar-refractivity contribution in [3.63, 3.8) is 0 Å². The number of hydrogen-bond acceptors (Lipinski definition) is 4. The van der Waals surface area contributed by atoms with Gasteiger partial charge >= 0.3 is 0 Å². The smallest absolute Gasteiger partial charge is 0.226 e. The molecule has 0 radical (unpaired) electrons. The first-order valence-corrected chi connectivity index (χ1v) is 6.76. The normalized spacial score (nSPS) is 15.1. The van der Waals surface area contributed by atoms with E-state index >= 15 is 0 Å². The van der Waals surface area contributed by atoms with E-state index in [4.69, 9.17) is 4.42 Å². The highest BCUT2D eigenvalue weighted by Crippen LogP contribution is 2.22. The number of halogens is 2. The summed E-state index contributed by atoms with van der Waals surface area (Å²) in [5, 5.41) is 3.35. The number of aryl methyl sites for hydroxylation is 1. The molecule has 0 unspecified atom stereocenters. The van der Waals surface area contributed by atoms with Gasteiger partial charge in [0.15, 0.2) is 0 Å². The SMILES string of the molecule is Cc1ccccc1-c1nc(CN2CCNCC2)co1.Cl.Cl. The monoisotopic (exact) mass is 329 g/mol. The number of oxazole rings is 1. The van der Waals surface area contributed by atoms with Crippen LogP contribution in [0, 0.1) is 6.92 Å². The van der Waals surface area contributed by atoms with Gasteiger partial charge in [-0.3, -0.25) is 4.90 Å². The summed E-state index contributed by atoms with van der Waals surface area (Å²) in [5.41, 5.74) is 3.28. The summed E-state index contributed by atoms with van der Waals surface area (Å²) in [7, 11) is 0. The maximum Gasteiger partial charge on any atom is 0.226 e.